The zero-order valence-electron chi connectivity index (χ0n) is 21.1. The highest BCUT2D eigenvalue weighted by Gasteiger charge is 2.26. The molecule has 190 valence electrons. The van der Waals surface area contributed by atoms with E-state index in [0.29, 0.717) is 26.2 Å². The summed E-state index contributed by atoms with van der Waals surface area (Å²) in [6, 6.07) is 9.72. The molecule has 3 aromatic rings. The molecule has 0 N–H and O–H groups in total. The van der Waals surface area contributed by atoms with Gasteiger partial charge in [-0.3, -0.25) is 14.0 Å². The number of piperazine rings is 1. The predicted molar refractivity (Wildman–Crippen MR) is 139 cm³/mol. The Bertz CT molecular complexity index is 1310. The molecule has 0 radical (unpaired) electrons. The van der Waals surface area contributed by atoms with Crippen LogP contribution in [0.25, 0.3) is 16.7 Å². The molecular weight excluding hydrogens is 458 g/mol. The van der Waals surface area contributed by atoms with Gasteiger partial charge in [-0.15, -0.1) is 0 Å². The average Bonchev–Trinajstić information content (AvgIpc) is 3.15. The summed E-state index contributed by atoms with van der Waals surface area (Å²) in [7, 11) is 0. The van der Waals surface area contributed by atoms with E-state index in [1.54, 1.807) is 21.9 Å². The summed E-state index contributed by atoms with van der Waals surface area (Å²) in [6.07, 6.45) is 5.74. The highest BCUT2D eigenvalue weighted by molar-refractivity contribution is 5.80. The Morgan fingerprint density at radius 1 is 0.972 bits per heavy atom. The van der Waals surface area contributed by atoms with E-state index in [1.165, 1.54) is 0 Å². The Kier molecular flexibility index (Phi) is 6.53. The third-order valence-corrected chi connectivity index (χ3v) is 6.51. The standard InChI is InChI=1S/C26H33N7O3/c1-26(2,3)36-25(35)31-13-9-20(10-14-31)33-22-8-5-4-7-21(22)32(24(33)34)19-29-15-17-30(18-16-29)23-27-11-6-12-28-23/h4-9,11-12H,10,13-19H2,1-3H3. The van der Waals surface area contributed by atoms with Crippen molar-refractivity contribution in [2.45, 2.75) is 39.5 Å². The van der Waals surface area contributed by atoms with Crippen molar-refractivity contribution in [2.24, 2.45) is 0 Å². The number of fused-ring (bicyclic) bond motifs is 1. The number of hydrogen-bond acceptors (Lipinski definition) is 7. The number of para-hydroxylation sites is 2. The second-order valence-corrected chi connectivity index (χ2v) is 10.2. The number of carbonyl (C=O) groups is 1. The lowest BCUT2D eigenvalue weighted by atomic mass is 10.2. The lowest BCUT2D eigenvalue weighted by Gasteiger charge is -2.34. The molecule has 2 aliphatic heterocycles. The van der Waals surface area contributed by atoms with Crippen LogP contribution in [0, 0.1) is 0 Å². The predicted octanol–water partition coefficient (Wildman–Crippen LogP) is 2.85. The van der Waals surface area contributed by atoms with Crippen LogP contribution in [-0.4, -0.2) is 79.9 Å². The normalized spacial score (nSPS) is 17.4. The zero-order chi connectivity index (χ0) is 25.3. The van der Waals surface area contributed by atoms with Crippen LogP contribution in [0.3, 0.4) is 0 Å². The summed E-state index contributed by atoms with van der Waals surface area (Å²) in [6.45, 7) is 10.3. The molecule has 0 atom stereocenters. The highest BCUT2D eigenvalue weighted by atomic mass is 16.6. The number of carbonyl (C=O) groups excluding carboxylic acids is 1. The summed E-state index contributed by atoms with van der Waals surface area (Å²) in [5, 5.41) is 0. The number of imidazole rings is 1. The summed E-state index contributed by atoms with van der Waals surface area (Å²) in [5.41, 5.74) is 2.12. The van der Waals surface area contributed by atoms with Crippen LogP contribution in [0.4, 0.5) is 10.7 Å². The Labute approximate surface area is 210 Å². The van der Waals surface area contributed by atoms with E-state index in [-0.39, 0.29) is 11.8 Å². The van der Waals surface area contributed by atoms with E-state index in [0.717, 1.165) is 48.9 Å². The van der Waals surface area contributed by atoms with Crippen molar-refractivity contribution < 1.29 is 9.53 Å². The summed E-state index contributed by atoms with van der Waals surface area (Å²) < 4.78 is 9.16. The molecule has 1 saturated heterocycles. The number of nitrogens with zero attached hydrogens (tertiary/aromatic N) is 7. The third kappa shape index (κ3) is 4.99. The maximum Gasteiger partial charge on any atom is 0.410 e. The molecule has 5 rings (SSSR count). The Hall–Kier alpha value is -3.66. The number of anilines is 1. The molecule has 1 aromatic carbocycles. The lowest BCUT2D eigenvalue weighted by Crippen LogP contribution is -2.48. The number of aromatic nitrogens is 4. The fourth-order valence-electron chi connectivity index (χ4n) is 4.72. The van der Waals surface area contributed by atoms with Crippen LogP contribution < -0.4 is 10.6 Å². The van der Waals surface area contributed by atoms with Gasteiger partial charge in [0.15, 0.2) is 0 Å². The number of rotatable bonds is 4. The molecule has 1 fully saturated rings. The molecule has 0 saturated carbocycles. The van der Waals surface area contributed by atoms with Gasteiger partial charge in [-0.1, -0.05) is 12.1 Å². The van der Waals surface area contributed by atoms with Crippen LogP contribution in [0.2, 0.25) is 0 Å². The first-order chi connectivity index (χ1) is 17.3. The van der Waals surface area contributed by atoms with Gasteiger partial charge in [0.05, 0.1) is 17.7 Å². The van der Waals surface area contributed by atoms with Gasteiger partial charge in [0.1, 0.15) is 5.60 Å². The lowest BCUT2D eigenvalue weighted by molar-refractivity contribution is 0.0269. The van der Waals surface area contributed by atoms with Crippen LogP contribution in [0.1, 0.15) is 27.2 Å². The first kappa shape index (κ1) is 24.1. The van der Waals surface area contributed by atoms with Crippen molar-refractivity contribution in [3.63, 3.8) is 0 Å². The van der Waals surface area contributed by atoms with Crippen molar-refractivity contribution >= 4 is 28.8 Å². The largest absolute Gasteiger partial charge is 0.444 e. The number of amides is 1. The Morgan fingerprint density at radius 2 is 1.67 bits per heavy atom. The van der Waals surface area contributed by atoms with Gasteiger partial charge in [0.25, 0.3) is 0 Å². The van der Waals surface area contributed by atoms with E-state index >= 15 is 0 Å². The molecule has 10 heteroatoms. The molecule has 2 aromatic heterocycles. The molecule has 1 amide bonds. The van der Waals surface area contributed by atoms with Crippen molar-refractivity contribution in [3.05, 3.63) is 59.3 Å². The molecule has 0 spiro atoms. The maximum absolute atomic E-state index is 13.7. The van der Waals surface area contributed by atoms with Gasteiger partial charge < -0.3 is 14.5 Å². The maximum atomic E-state index is 13.7. The smallest absolute Gasteiger partial charge is 0.410 e. The SMILES string of the molecule is CC(C)(C)OC(=O)N1CC=C(n2c(=O)n(CN3CCN(c4ncccn4)CC3)c3ccccc32)CC1. The van der Waals surface area contributed by atoms with Crippen molar-refractivity contribution in [2.75, 3.05) is 44.2 Å². The quantitative estimate of drug-likeness (QED) is 0.555. The Morgan fingerprint density at radius 3 is 2.31 bits per heavy atom. The first-order valence-corrected chi connectivity index (χ1v) is 12.4. The van der Waals surface area contributed by atoms with Crippen molar-refractivity contribution in [1.29, 1.82) is 0 Å². The van der Waals surface area contributed by atoms with Gasteiger partial charge in [0, 0.05) is 63.8 Å². The van der Waals surface area contributed by atoms with E-state index in [4.69, 9.17) is 4.74 Å². The third-order valence-electron chi connectivity index (χ3n) is 6.51. The summed E-state index contributed by atoms with van der Waals surface area (Å²) in [4.78, 5) is 41.0. The second kappa shape index (κ2) is 9.77. The van der Waals surface area contributed by atoms with Crippen molar-refractivity contribution in [3.8, 4) is 0 Å². The average molecular weight is 492 g/mol. The number of hydrogen-bond donors (Lipinski definition) is 0. The Balaban J connectivity index is 1.34. The van der Waals surface area contributed by atoms with Gasteiger partial charge in [-0.2, -0.15) is 0 Å². The van der Waals surface area contributed by atoms with Crippen LogP contribution in [0.5, 0.6) is 0 Å². The van der Waals surface area contributed by atoms with E-state index in [2.05, 4.69) is 19.8 Å². The monoisotopic (exact) mass is 491 g/mol. The zero-order valence-corrected chi connectivity index (χ0v) is 21.1. The van der Waals surface area contributed by atoms with Crippen molar-refractivity contribution in [1.82, 2.24) is 28.9 Å². The van der Waals surface area contributed by atoms with Gasteiger partial charge in [-0.05, 0) is 45.0 Å². The molecule has 10 nitrogen and oxygen atoms in total. The summed E-state index contributed by atoms with van der Waals surface area (Å²) >= 11 is 0. The van der Waals surface area contributed by atoms with Gasteiger partial charge >= 0.3 is 11.8 Å². The van der Waals surface area contributed by atoms with Crippen LogP contribution in [0.15, 0.2) is 53.6 Å². The van der Waals surface area contributed by atoms with Gasteiger partial charge in [0.2, 0.25) is 5.95 Å². The highest BCUT2D eigenvalue weighted by Crippen LogP contribution is 2.23. The second-order valence-electron chi connectivity index (χ2n) is 10.2. The molecule has 36 heavy (non-hydrogen) atoms. The van der Waals surface area contributed by atoms with Crippen LogP contribution in [-0.2, 0) is 11.4 Å². The van der Waals surface area contributed by atoms with Gasteiger partial charge in [-0.25, -0.2) is 19.6 Å². The van der Waals surface area contributed by atoms with E-state index in [9.17, 15) is 9.59 Å². The number of ether oxygens (including phenoxy) is 1. The van der Waals surface area contributed by atoms with E-state index in [1.807, 2.05) is 61.7 Å². The van der Waals surface area contributed by atoms with E-state index < -0.39 is 5.60 Å². The molecule has 0 bridgehead atoms. The molecule has 0 aliphatic carbocycles. The topological polar surface area (TPSA) is 88.7 Å². The fraction of sp³-hybridized carbons (Fsp3) is 0.462. The molecule has 4 heterocycles. The minimum Gasteiger partial charge on any atom is -0.444 e. The fourth-order valence-corrected chi connectivity index (χ4v) is 4.72. The number of benzene rings is 1. The summed E-state index contributed by atoms with van der Waals surface area (Å²) in [5.74, 6) is 0.746. The first-order valence-electron chi connectivity index (χ1n) is 12.4. The van der Waals surface area contributed by atoms with Crippen LogP contribution >= 0.6 is 0 Å². The molecular formula is C26H33N7O3. The molecule has 2 aliphatic rings. The molecule has 0 unspecified atom stereocenters. The minimum absolute atomic E-state index is 0.0537. The minimum atomic E-state index is -0.537.